The molecule has 0 aliphatic heterocycles. The van der Waals surface area contributed by atoms with Gasteiger partial charge < -0.3 is 15.8 Å². The van der Waals surface area contributed by atoms with E-state index in [4.69, 9.17) is 15.7 Å². The van der Waals surface area contributed by atoms with Crippen LogP contribution in [-0.4, -0.2) is 12.6 Å². The molecule has 0 radical (unpaired) electrons. The van der Waals surface area contributed by atoms with Crippen molar-refractivity contribution in [3.63, 3.8) is 0 Å². The lowest BCUT2D eigenvalue weighted by atomic mass is 10.2. The monoisotopic (exact) mass is 231 g/mol. The molecule has 0 atom stereocenters. The fraction of sp³-hybridized carbons (Fsp3) is 0.167. The molecule has 0 heterocycles. The summed E-state index contributed by atoms with van der Waals surface area (Å²) in [6, 6.07) is 10.7. The highest BCUT2D eigenvalue weighted by atomic mass is 16.5. The van der Waals surface area contributed by atoms with E-state index >= 15 is 0 Å². The minimum atomic E-state index is -0.726. The Labute approximate surface area is 99.5 Å². The summed E-state index contributed by atoms with van der Waals surface area (Å²) in [4.78, 5) is 11.4. The number of carbonyl (C=O) groups is 1. The van der Waals surface area contributed by atoms with Gasteiger partial charge in [-0.25, -0.2) is 4.79 Å². The normalized spacial score (nSPS) is 11.1. The second-order valence-electron chi connectivity index (χ2n) is 3.11. The second kappa shape index (κ2) is 6.18. The number of ether oxygens (including phenoxy) is 1. The number of nitrogens with one attached hydrogen (secondary N) is 1. The lowest BCUT2D eigenvalue weighted by Crippen LogP contribution is -2.18. The Morgan fingerprint density at radius 1 is 1.47 bits per heavy atom. The van der Waals surface area contributed by atoms with Crippen LogP contribution >= 0.6 is 0 Å². The summed E-state index contributed by atoms with van der Waals surface area (Å²) in [5.74, 6) is -0.743. The molecule has 17 heavy (non-hydrogen) atoms. The summed E-state index contributed by atoms with van der Waals surface area (Å²) in [5.41, 5.74) is 6.11. The number of esters is 1. The first-order valence-corrected chi connectivity index (χ1v) is 5.08. The maximum absolute atomic E-state index is 11.4. The van der Waals surface area contributed by atoms with Gasteiger partial charge in [0.25, 0.3) is 0 Å². The summed E-state index contributed by atoms with van der Waals surface area (Å²) in [7, 11) is 0. The largest absolute Gasteiger partial charge is 0.462 e. The molecule has 1 rings (SSSR count). The van der Waals surface area contributed by atoms with Crippen molar-refractivity contribution in [2.24, 2.45) is 5.73 Å². The van der Waals surface area contributed by atoms with Crippen LogP contribution in [0.15, 0.2) is 41.7 Å². The summed E-state index contributed by atoms with van der Waals surface area (Å²) in [6.07, 6.45) is 0. The van der Waals surface area contributed by atoms with Crippen molar-refractivity contribution in [1.29, 1.82) is 5.26 Å². The Morgan fingerprint density at radius 2 is 2.12 bits per heavy atom. The van der Waals surface area contributed by atoms with Gasteiger partial charge in [0.1, 0.15) is 11.9 Å². The number of benzene rings is 1. The first-order valence-electron chi connectivity index (χ1n) is 5.08. The van der Waals surface area contributed by atoms with E-state index in [2.05, 4.69) is 5.32 Å². The number of hydrogen-bond donors (Lipinski definition) is 2. The third kappa shape index (κ3) is 3.54. The van der Waals surface area contributed by atoms with Crippen LogP contribution in [0.5, 0.6) is 0 Å². The Morgan fingerprint density at radius 3 is 2.65 bits per heavy atom. The van der Waals surface area contributed by atoms with E-state index in [-0.39, 0.29) is 18.0 Å². The fourth-order valence-electron chi connectivity index (χ4n) is 1.16. The number of para-hydroxylation sites is 1. The van der Waals surface area contributed by atoms with Crippen molar-refractivity contribution < 1.29 is 9.53 Å². The van der Waals surface area contributed by atoms with Crippen molar-refractivity contribution in [2.75, 3.05) is 11.9 Å². The molecule has 0 fully saturated rings. The highest BCUT2D eigenvalue weighted by Gasteiger charge is 2.14. The number of hydrogen-bond acceptors (Lipinski definition) is 5. The smallest absolute Gasteiger partial charge is 0.352 e. The number of anilines is 1. The van der Waals surface area contributed by atoms with Crippen molar-refractivity contribution in [3.8, 4) is 6.07 Å². The fourth-order valence-corrected chi connectivity index (χ4v) is 1.16. The van der Waals surface area contributed by atoms with Gasteiger partial charge in [-0.05, 0) is 19.1 Å². The van der Waals surface area contributed by atoms with Crippen LogP contribution in [0.4, 0.5) is 5.69 Å². The minimum absolute atomic E-state index is 0.0165. The number of nitriles is 1. The molecule has 0 spiro atoms. The topological polar surface area (TPSA) is 88.1 Å². The average Bonchev–Trinajstić information content (AvgIpc) is 2.31. The summed E-state index contributed by atoms with van der Waals surface area (Å²) < 4.78 is 4.71. The first kappa shape index (κ1) is 12.6. The maximum atomic E-state index is 11.4. The average molecular weight is 231 g/mol. The van der Waals surface area contributed by atoms with E-state index in [1.54, 1.807) is 25.1 Å². The molecular weight excluding hydrogens is 218 g/mol. The van der Waals surface area contributed by atoms with Gasteiger partial charge in [0.15, 0.2) is 5.57 Å². The molecule has 5 nitrogen and oxygen atoms in total. The van der Waals surface area contributed by atoms with Crippen LogP contribution in [-0.2, 0) is 9.53 Å². The molecule has 0 bridgehead atoms. The molecule has 88 valence electrons. The zero-order valence-electron chi connectivity index (χ0n) is 9.43. The molecule has 1 aromatic carbocycles. The maximum Gasteiger partial charge on any atom is 0.352 e. The third-order valence-corrected chi connectivity index (χ3v) is 1.91. The molecule has 0 aliphatic rings. The van der Waals surface area contributed by atoms with Crippen LogP contribution in [0.2, 0.25) is 0 Å². The van der Waals surface area contributed by atoms with E-state index < -0.39 is 5.97 Å². The van der Waals surface area contributed by atoms with Gasteiger partial charge in [0.05, 0.1) is 6.61 Å². The Hall–Kier alpha value is -2.48. The molecule has 0 aromatic heterocycles. The van der Waals surface area contributed by atoms with Crippen LogP contribution < -0.4 is 11.1 Å². The molecular formula is C12H13N3O2. The van der Waals surface area contributed by atoms with Gasteiger partial charge in [0, 0.05) is 5.69 Å². The van der Waals surface area contributed by atoms with Gasteiger partial charge in [-0.1, -0.05) is 18.2 Å². The van der Waals surface area contributed by atoms with E-state index in [1.807, 2.05) is 18.2 Å². The highest BCUT2D eigenvalue weighted by molar-refractivity contribution is 5.94. The molecule has 0 amide bonds. The van der Waals surface area contributed by atoms with Crippen LogP contribution in [0.1, 0.15) is 6.92 Å². The minimum Gasteiger partial charge on any atom is -0.462 e. The Balaban J connectivity index is 2.88. The van der Waals surface area contributed by atoms with Gasteiger partial charge in [-0.3, -0.25) is 0 Å². The molecule has 0 saturated heterocycles. The summed E-state index contributed by atoms with van der Waals surface area (Å²) in [5, 5.41) is 11.6. The van der Waals surface area contributed by atoms with Crippen molar-refractivity contribution in [3.05, 3.63) is 41.7 Å². The van der Waals surface area contributed by atoms with Crippen LogP contribution in [0.3, 0.4) is 0 Å². The van der Waals surface area contributed by atoms with E-state index in [1.165, 1.54) is 0 Å². The number of nitrogens with zero attached hydrogens (tertiary/aromatic N) is 1. The highest BCUT2D eigenvalue weighted by Crippen LogP contribution is 2.09. The van der Waals surface area contributed by atoms with Crippen molar-refractivity contribution >= 4 is 11.7 Å². The van der Waals surface area contributed by atoms with Crippen LogP contribution in [0.25, 0.3) is 0 Å². The lowest BCUT2D eigenvalue weighted by Gasteiger charge is -2.08. The van der Waals surface area contributed by atoms with E-state index in [0.29, 0.717) is 5.69 Å². The molecule has 0 unspecified atom stereocenters. The zero-order chi connectivity index (χ0) is 12.7. The number of carbonyl (C=O) groups excluding carboxylic acids is 1. The van der Waals surface area contributed by atoms with Gasteiger partial charge in [-0.2, -0.15) is 5.26 Å². The summed E-state index contributed by atoms with van der Waals surface area (Å²) >= 11 is 0. The quantitative estimate of drug-likeness (QED) is 0.464. The molecule has 0 saturated carbocycles. The molecule has 3 N–H and O–H groups in total. The predicted octanol–water partition coefficient (Wildman–Crippen LogP) is 1.36. The standard InChI is InChI=1S/C12H13N3O2/c1-2-17-12(16)10(8-13)11(14)15-9-6-4-3-5-7-9/h3-7,15H,2,14H2,1H3. The Bertz CT molecular complexity index is 460. The molecule has 0 aliphatic carbocycles. The lowest BCUT2D eigenvalue weighted by molar-refractivity contribution is -0.138. The van der Waals surface area contributed by atoms with Crippen LogP contribution in [0, 0.1) is 11.3 Å². The SMILES string of the molecule is CCOC(=O)C(C#N)=C(N)Nc1ccccc1. The second-order valence-corrected chi connectivity index (χ2v) is 3.11. The predicted molar refractivity (Wildman–Crippen MR) is 63.5 cm³/mol. The molecule has 1 aromatic rings. The number of rotatable bonds is 4. The molecule has 5 heteroatoms. The Kier molecular flexibility index (Phi) is 4.58. The van der Waals surface area contributed by atoms with Gasteiger partial charge in [-0.15, -0.1) is 0 Å². The van der Waals surface area contributed by atoms with E-state index in [0.717, 1.165) is 0 Å². The number of nitrogens with two attached hydrogens (primary N) is 1. The zero-order valence-corrected chi connectivity index (χ0v) is 9.43. The van der Waals surface area contributed by atoms with Gasteiger partial charge in [0.2, 0.25) is 0 Å². The first-order chi connectivity index (χ1) is 8.19. The van der Waals surface area contributed by atoms with Gasteiger partial charge >= 0.3 is 5.97 Å². The van der Waals surface area contributed by atoms with Crippen molar-refractivity contribution in [1.82, 2.24) is 0 Å². The van der Waals surface area contributed by atoms with E-state index in [9.17, 15) is 4.79 Å². The summed E-state index contributed by atoms with van der Waals surface area (Å²) in [6.45, 7) is 1.86. The van der Waals surface area contributed by atoms with Crippen molar-refractivity contribution in [2.45, 2.75) is 6.92 Å². The third-order valence-electron chi connectivity index (χ3n) is 1.91.